The number of guanidine groups is 1. The van der Waals surface area contributed by atoms with Gasteiger partial charge in [-0.2, -0.15) is 4.98 Å². The van der Waals surface area contributed by atoms with Gasteiger partial charge in [0.15, 0.2) is 5.96 Å². The number of benzene rings is 1. The van der Waals surface area contributed by atoms with Gasteiger partial charge in [0.05, 0.1) is 6.54 Å². The highest BCUT2D eigenvalue weighted by Crippen LogP contribution is 2.20. The molecule has 0 atom stereocenters. The highest BCUT2D eigenvalue weighted by molar-refractivity contribution is 14.0. The summed E-state index contributed by atoms with van der Waals surface area (Å²) >= 11 is 7.71. The summed E-state index contributed by atoms with van der Waals surface area (Å²) in [5, 5.41) is 12.2. The van der Waals surface area contributed by atoms with Crippen molar-refractivity contribution in [3.05, 3.63) is 51.3 Å². The van der Waals surface area contributed by atoms with E-state index in [-0.39, 0.29) is 24.0 Å². The van der Waals surface area contributed by atoms with E-state index in [1.807, 2.05) is 37.4 Å². The first kappa shape index (κ1) is 23.6. The van der Waals surface area contributed by atoms with Gasteiger partial charge >= 0.3 is 0 Å². The van der Waals surface area contributed by atoms with Crippen LogP contribution >= 0.6 is 46.9 Å². The van der Waals surface area contributed by atoms with Crippen molar-refractivity contribution in [1.29, 1.82) is 0 Å². The number of aliphatic imine (C=N–C) groups is 1. The van der Waals surface area contributed by atoms with Crippen molar-refractivity contribution in [2.45, 2.75) is 33.2 Å². The van der Waals surface area contributed by atoms with Crippen molar-refractivity contribution >= 4 is 52.9 Å². The molecule has 2 aromatic heterocycles. The summed E-state index contributed by atoms with van der Waals surface area (Å²) < 4.78 is 5.33. The molecule has 0 amide bonds. The van der Waals surface area contributed by atoms with Crippen LogP contribution in [0.1, 0.15) is 29.6 Å². The molecule has 10 heteroatoms. The Kier molecular flexibility index (Phi) is 9.82. The molecule has 7 nitrogen and oxygen atoms in total. The lowest BCUT2D eigenvalue weighted by Gasteiger charge is -2.09. The number of hydrogen-bond acceptors (Lipinski definition) is 6. The molecule has 0 bridgehead atoms. The second kappa shape index (κ2) is 12.1. The highest BCUT2D eigenvalue weighted by Gasteiger charge is 2.09. The van der Waals surface area contributed by atoms with Gasteiger partial charge in [-0.3, -0.25) is 0 Å². The molecule has 0 aliphatic heterocycles. The van der Waals surface area contributed by atoms with E-state index in [1.165, 1.54) is 4.88 Å². The second-order valence-corrected chi connectivity index (χ2v) is 7.60. The van der Waals surface area contributed by atoms with Gasteiger partial charge in [0.2, 0.25) is 11.7 Å². The first-order valence-corrected chi connectivity index (χ1v) is 10.4. The number of nitrogens with zero attached hydrogens (tertiary/aromatic N) is 4. The summed E-state index contributed by atoms with van der Waals surface area (Å²) in [7, 11) is 0. The molecule has 0 unspecified atom stereocenters. The van der Waals surface area contributed by atoms with E-state index in [4.69, 9.17) is 16.1 Å². The van der Waals surface area contributed by atoms with Crippen molar-refractivity contribution < 1.29 is 4.52 Å². The average Bonchev–Trinajstić information content (AvgIpc) is 3.35. The zero-order chi connectivity index (χ0) is 19.8. The molecule has 29 heavy (non-hydrogen) atoms. The van der Waals surface area contributed by atoms with Crippen LogP contribution in [0, 0.1) is 0 Å². The number of aryl methyl sites for hydroxylation is 1. The Labute approximate surface area is 196 Å². The van der Waals surface area contributed by atoms with Gasteiger partial charge in [0.25, 0.3) is 0 Å². The second-order valence-electron chi connectivity index (χ2n) is 5.97. The summed E-state index contributed by atoms with van der Waals surface area (Å²) in [6.07, 6.45) is 3.51. The van der Waals surface area contributed by atoms with Crippen molar-refractivity contribution in [2.24, 2.45) is 4.99 Å². The largest absolute Gasteiger partial charge is 0.357 e. The Morgan fingerprint density at radius 2 is 2.14 bits per heavy atom. The molecule has 3 aromatic rings. The van der Waals surface area contributed by atoms with E-state index in [0.29, 0.717) is 36.2 Å². The summed E-state index contributed by atoms with van der Waals surface area (Å²) in [4.78, 5) is 14.7. The lowest BCUT2D eigenvalue weighted by Crippen LogP contribution is -2.38. The molecule has 0 fully saturated rings. The number of halogens is 2. The minimum atomic E-state index is 0. The molecule has 0 radical (unpaired) electrons. The topological polar surface area (TPSA) is 88.2 Å². The third-order valence-electron chi connectivity index (χ3n) is 3.85. The molecule has 2 N–H and O–H groups in total. The Balaban J connectivity index is 0.00000300. The quantitative estimate of drug-likeness (QED) is 0.249. The Hall–Kier alpha value is -1.72. The van der Waals surface area contributed by atoms with E-state index < -0.39 is 0 Å². The van der Waals surface area contributed by atoms with Gasteiger partial charge in [-0.25, -0.2) is 9.98 Å². The number of hydrogen-bond donors (Lipinski definition) is 2. The fraction of sp³-hybridized carbons (Fsp3) is 0.368. The first-order chi connectivity index (χ1) is 13.7. The van der Waals surface area contributed by atoms with Gasteiger partial charge in [-0.15, -0.1) is 35.3 Å². The van der Waals surface area contributed by atoms with Crippen LogP contribution in [-0.2, 0) is 19.4 Å². The Morgan fingerprint density at radius 3 is 2.86 bits per heavy atom. The van der Waals surface area contributed by atoms with Gasteiger partial charge in [0, 0.05) is 41.2 Å². The summed E-state index contributed by atoms with van der Waals surface area (Å²) in [5.41, 5.74) is 0.834. The van der Waals surface area contributed by atoms with Gasteiger partial charge in [-0.1, -0.05) is 35.8 Å². The number of nitrogens with one attached hydrogen (secondary N) is 2. The van der Waals surface area contributed by atoms with E-state index in [9.17, 15) is 0 Å². The third-order valence-corrected chi connectivity index (χ3v) is 5.21. The maximum Gasteiger partial charge on any atom is 0.228 e. The van der Waals surface area contributed by atoms with Gasteiger partial charge in [-0.05, 0) is 25.5 Å². The smallest absolute Gasteiger partial charge is 0.228 e. The van der Waals surface area contributed by atoms with Crippen molar-refractivity contribution in [3.8, 4) is 11.4 Å². The normalized spacial score (nSPS) is 11.2. The predicted molar refractivity (Wildman–Crippen MR) is 128 cm³/mol. The molecule has 0 saturated carbocycles. The van der Waals surface area contributed by atoms with Crippen molar-refractivity contribution in [1.82, 2.24) is 25.8 Å². The molecule has 3 rings (SSSR count). The van der Waals surface area contributed by atoms with Crippen LogP contribution in [0.3, 0.4) is 0 Å². The van der Waals surface area contributed by atoms with E-state index in [0.717, 1.165) is 29.5 Å². The fourth-order valence-electron chi connectivity index (χ4n) is 2.46. The predicted octanol–water partition coefficient (Wildman–Crippen LogP) is 4.32. The van der Waals surface area contributed by atoms with Crippen LogP contribution in [0.25, 0.3) is 11.4 Å². The standard InChI is InChI=1S/C19H23ClN6OS.HI/c1-3-15-11-23-17(28-15)12-24-19(21-4-2)22-9-8-16-25-18(26-27-16)13-6-5-7-14(20)10-13;/h5-7,10-11H,3-4,8-9,12H2,1-2H3,(H2,21,22,24);1H. The maximum absolute atomic E-state index is 6.01. The molecule has 0 aliphatic carbocycles. The molecule has 156 valence electrons. The Bertz CT molecular complexity index is 929. The Morgan fingerprint density at radius 1 is 1.28 bits per heavy atom. The zero-order valence-electron chi connectivity index (χ0n) is 16.3. The van der Waals surface area contributed by atoms with E-state index in [2.05, 4.69) is 37.7 Å². The molecular weight excluding hydrogens is 523 g/mol. The van der Waals surface area contributed by atoms with Gasteiger partial charge < -0.3 is 15.2 Å². The first-order valence-electron chi connectivity index (χ1n) is 9.22. The van der Waals surface area contributed by atoms with Crippen LogP contribution in [0.4, 0.5) is 0 Å². The number of thiazole rings is 1. The highest BCUT2D eigenvalue weighted by atomic mass is 127. The summed E-state index contributed by atoms with van der Waals surface area (Å²) in [6, 6.07) is 7.39. The van der Waals surface area contributed by atoms with Crippen LogP contribution < -0.4 is 10.6 Å². The van der Waals surface area contributed by atoms with Crippen LogP contribution in [0.5, 0.6) is 0 Å². The van der Waals surface area contributed by atoms with Crippen LogP contribution in [0.2, 0.25) is 5.02 Å². The van der Waals surface area contributed by atoms with E-state index >= 15 is 0 Å². The lowest BCUT2D eigenvalue weighted by molar-refractivity contribution is 0.378. The minimum Gasteiger partial charge on any atom is -0.357 e. The third kappa shape index (κ3) is 7.23. The molecule has 0 aliphatic rings. The van der Waals surface area contributed by atoms with Gasteiger partial charge in [0.1, 0.15) is 5.01 Å². The number of aromatic nitrogens is 3. The monoisotopic (exact) mass is 546 g/mol. The summed E-state index contributed by atoms with van der Waals surface area (Å²) in [6.45, 7) is 6.12. The minimum absolute atomic E-state index is 0. The van der Waals surface area contributed by atoms with Crippen LogP contribution in [0.15, 0.2) is 40.0 Å². The SMILES string of the molecule is CCNC(=NCc1ncc(CC)s1)NCCc1nc(-c2cccc(Cl)c2)no1.I. The van der Waals surface area contributed by atoms with Crippen LogP contribution in [-0.4, -0.2) is 34.2 Å². The molecule has 2 heterocycles. The van der Waals surface area contributed by atoms with E-state index in [1.54, 1.807) is 11.3 Å². The van der Waals surface area contributed by atoms with Crippen molar-refractivity contribution in [2.75, 3.05) is 13.1 Å². The average molecular weight is 547 g/mol. The summed E-state index contributed by atoms with van der Waals surface area (Å²) in [5.74, 6) is 1.84. The molecule has 1 aromatic carbocycles. The number of rotatable bonds is 8. The zero-order valence-corrected chi connectivity index (χ0v) is 20.2. The molecular formula is C19H24ClIN6OS. The molecule has 0 spiro atoms. The fourth-order valence-corrected chi connectivity index (χ4v) is 3.44. The van der Waals surface area contributed by atoms with Crippen molar-refractivity contribution in [3.63, 3.8) is 0 Å². The molecule has 0 saturated heterocycles. The lowest BCUT2D eigenvalue weighted by atomic mass is 10.2. The maximum atomic E-state index is 6.01.